The van der Waals surface area contributed by atoms with E-state index in [4.69, 9.17) is 5.11 Å². The number of esters is 1. The van der Waals surface area contributed by atoms with Crippen LogP contribution in [0.25, 0.3) is 0 Å². The zero-order valence-electron chi connectivity index (χ0n) is 7.67. The monoisotopic (exact) mass is 172 g/mol. The fourth-order valence-corrected chi connectivity index (χ4v) is 0.730. The van der Waals surface area contributed by atoms with Crippen LogP contribution in [0.4, 0.5) is 0 Å². The number of aliphatic hydroxyl groups excluding tert-OH is 1. The molecule has 0 rings (SSSR count). The number of unbranched alkanes of at least 4 members (excludes halogenated alkanes) is 1. The first kappa shape index (κ1) is 11.2. The van der Waals surface area contributed by atoms with Crippen molar-refractivity contribution in [1.29, 1.82) is 0 Å². The van der Waals surface area contributed by atoms with Gasteiger partial charge in [0.2, 0.25) is 0 Å². The van der Waals surface area contributed by atoms with E-state index < -0.39 is 12.3 Å². The van der Waals surface area contributed by atoms with Crippen LogP contribution in [0.15, 0.2) is 12.2 Å². The van der Waals surface area contributed by atoms with Gasteiger partial charge in [0, 0.05) is 5.57 Å². The zero-order chi connectivity index (χ0) is 9.56. The lowest BCUT2D eigenvalue weighted by molar-refractivity contribution is -0.159. The van der Waals surface area contributed by atoms with Crippen molar-refractivity contribution in [3.63, 3.8) is 0 Å². The van der Waals surface area contributed by atoms with Gasteiger partial charge in [0.05, 0.1) is 0 Å². The molecule has 0 aromatic heterocycles. The molecule has 0 aliphatic carbocycles. The topological polar surface area (TPSA) is 46.5 Å². The van der Waals surface area contributed by atoms with Crippen molar-refractivity contribution >= 4 is 5.97 Å². The highest BCUT2D eigenvalue weighted by molar-refractivity contribution is 5.87. The summed E-state index contributed by atoms with van der Waals surface area (Å²) in [5.74, 6) is -0.501. The van der Waals surface area contributed by atoms with Crippen LogP contribution in [-0.4, -0.2) is 17.4 Å². The lowest BCUT2D eigenvalue weighted by atomic mass is 10.1. The molecule has 0 heterocycles. The third-order valence-corrected chi connectivity index (χ3v) is 1.40. The van der Waals surface area contributed by atoms with Gasteiger partial charge in [-0.3, -0.25) is 0 Å². The van der Waals surface area contributed by atoms with Gasteiger partial charge < -0.3 is 9.84 Å². The number of carbonyl (C=O) groups excluding carboxylic acids is 1. The molecule has 0 amide bonds. The van der Waals surface area contributed by atoms with E-state index in [0.717, 1.165) is 12.8 Å². The second-order valence-corrected chi connectivity index (χ2v) is 2.71. The Balaban J connectivity index is 3.70. The Morgan fingerprint density at radius 3 is 2.67 bits per heavy atom. The number of ether oxygens (including phenoxy) is 1. The van der Waals surface area contributed by atoms with Crippen LogP contribution in [0, 0.1) is 0 Å². The third kappa shape index (κ3) is 4.91. The molecule has 3 nitrogen and oxygen atoms in total. The SMILES string of the molecule is C=C(CCCC)C(=O)OC(C)O. The van der Waals surface area contributed by atoms with E-state index in [-0.39, 0.29) is 0 Å². The Morgan fingerprint density at radius 1 is 1.67 bits per heavy atom. The summed E-state index contributed by atoms with van der Waals surface area (Å²) in [4.78, 5) is 11.0. The highest BCUT2D eigenvalue weighted by Gasteiger charge is 2.09. The van der Waals surface area contributed by atoms with Crippen LogP contribution in [0.1, 0.15) is 33.1 Å². The van der Waals surface area contributed by atoms with Crippen LogP contribution in [0.2, 0.25) is 0 Å². The number of carbonyl (C=O) groups is 1. The molecule has 0 aromatic carbocycles. The van der Waals surface area contributed by atoms with Crippen LogP contribution >= 0.6 is 0 Å². The predicted octanol–water partition coefficient (Wildman–Crippen LogP) is 1.61. The van der Waals surface area contributed by atoms with E-state index >= 15 is 0 Å². The van der Waals surface area contributed by atoms with E-state index in [0.29, 0.717) is 12.0 Å². The maximum absolute atomic E-state index is 11.0. The summed E-state index contributed by atoms with van der Waals surface area (Å²) in [6, 6.07) is 0. The van der Waals surface area contributed by atoms with E-state index in [1.807, 2.05) is 6.92 Å². The van der Waals surface area contributed by atoms with E-state index in [9.17, 15) is 4.79 Å². The summed E-state index contributed by atoms with van der Waals surface area (Å²) in [5, 5.41) is 8.71. The Hall–Kier alpha value is -0.830. The highest BCUT2D eigenvalue weighted by Crippen LogP contribution is 2.07. The second-order valence-electron chi connectivity index (χ2n) is 2.71. The van der Waals surface area contributed by atoms with Gasteiger partial charge in [-0.2, -0.15) is 0 Å². The third-order valence-electron chi connectivity index (χ3n) is 1.40. The molecule has 1 N–H and O–H groups in total. The molecule has 3 heteroatoms. The van der Waals surface area contributed by atoms with Crippen molar-refractivity contribution < 1.29 is 14.6 Å². The van der Waals surface area contributed by atoms with Crippen molar-refractivity contribution in [2.45, 2.75) is 39.4 Å². The quantitative estimate of drug-likeness (QED) is 0.389. The fraction of sp³-hybridized carbons (Fsp3) is 0.667. The molecule has 0 fully saturated rings. The van der Waals surface area contributed by atoms with Crippen LogP contribution in [0.5, 0.6) is 0 Å². The summed E-state index contributed by atoms with van der Waals surface area (Å²) in [5.41, 5.74) is 0.428. The van der Waals surface area contributed by atoms with Gasteiger partial charge >= 0.3 is 5.97 Å². The smallest absolute Gasteiger partial charge is 0.335 e. The first-order valence-corrected chi connectivity index (χ1v) is 4.14. The van der Waals surface area contributed by atoms with Gasteiger partial charge in [-0.05, 0) is 19.8 Å². The Kier molecular flexibility index (Phi) is 5.37. The standard InChI is InChI=1S/C9H16O3/c1-4-5-6-7(2)9(11)12-8(3)10/h8,10H,2,4-6H2,1,3H3. The average molecular weight is 172 g/mol. The number of aliphatic hydroxyl groups is 1. The van der Waals surface area contributed by atoms with Crippen LogP contribution in [-0.2, 0) is 9.53 Å². The minimum Gasteiger partial charge on any atom is -0.433 e. The minimum absolute atomic E-state index is 0.428. The molecule has 1 atom stereocenters. The molecule has 0 spiro atoms. The van der Waals surface area contributed by atoms with Crippen molar-refractivity contribution in [1.82, 2.24) is 0 Å². The molecule has 70 valence electrons. The van der Waals surface area contributed by atoms with Gasteiger partial charge in [0.1, 0.15) is 0 Å². The van der Waals surface area contributed by atoms with Crippen molar-refractivity contribution in [3.05, 3.63) is 12.2 Å². The molecule has 0 radical (unpaired) electrons. The normalized spacial score (nSPS) is 12.2. The minimum atomic E-state index is -1.05. The number of rotatable bonds is 5. The van der Waals surface area contributed by atoms with Gasteiger partial charge in [-0.25, -0.2) is 4.79 Å². The molecule has 0 saturated heterocycles. The molecule has 0 aliphatic heterocycles. The average Bonchev–Trinajstić information content (AvgIpc) is 1.98. The summed E-state index contributed by atoms with van der Waals surface area (Å²) in [6.07, 6.45) is 1.53. The van der Waals surface area contributed by atoms with E-state index in [1.165, 1.54) is 6.92 Å². The van der Waals surface area contributed by atoms with E-state index in [2.05, 4.69) is 11.3 Å². The maximum Gasteiger partial charge on any atom is 0.335 e. The predicted molar refractivity (Wildman–Crippen MR) is 46.4 cm³/mol. The van der Waals surface area contributed by atoms with Gasteiger partial charge in [0.15, 0.2) is 6.29 Å². The maximum atomic E-state index is 11.0. The fourth-order valence-electron chi connectivity index (χ4n) is 0.730. The highest BCUT2D eigenvalue weighted by atomic mass is 16.6. The lowest BCUT2D eigenvalue weighted by Crippen LogP contribution is -2.15. The van der Waals surface area contributed by atoms with Gasteiger partial charge in [-0.15, -0.1) is 0 Å². The first-order valence-electron chi connectivity index (χ1n) is 4.14. The second kappa shape index (κ2) is 5.77. The van der Waals surface area contributed by atoms with Crippen LogP contribution in [0.3, 0.4) is 0 Å². The Labute approximate surface area is 73.0 Å². The van der Waals surface area contributed by atoms with Crippen molar-refractivity contribution in [2.75, 3.05) is 0 Å². The zero-order valence-corrected chi connectivity index (χ0v) is 7.67. The Bertz CT molecular complexity index is 161. The summed E-state index contributed by atoms with van der Waals surface area (Å²) in [7, 11) is 0. The summed E-state index contributed by atoms with van der Waals surface area (Å²) >= 11 is 0. The molecular formula is C9H16O3. The van der Waals surface area contributed by atoms with Crippen LogP contribution < -0.4 is 0 Å². The largest absolute Gasteiger partial charge is 0.433 e. The molecule has 12 heavy (non-hydrogen) atoms. The summed E-state index contributed by atoms with van der Waals surface area (Å²) in [6.45, 7) is 6.99. The Morgan fingerprint density at radius 2 is 2.25 bits per heavy atom. The molecule has 0 bridgehead atoms. The lowest BCUT2D eigenvalue weighted by Gasteiger charge is -2.07. The molecule has 0 aromatic rings. The number of hydrogen-bond acceptors (Lipinski definition) is 3. The molecule has 0 aliphatic rings. The number of hydrogen-bond donors (Lipinski definition) is 1. The molecular weight excluding hydrogens is 156 g/mol. The van der Waals surface area contributed by atoms with Crippen molar-refractivity contribution in [2.24, 2.45) is 0 Å². The van der Waals surface area contributed by atoms with Gasteiger partial charge in [0.25, 0.3) is 0 Å². The molecule has 1 unspecified atom stereocenters. The van der Waals surface area contributed by atoms with Gasteiger partial charge in [-0.1, -0.05) is 19.9 Å². The van der Waals surface area contributed by atoms with E-state index in [1.54, 1.807) is 0 Å². The summed E-state index contributed by atoms with van der Waals surface area (Å²) < 4.78 is 4.53. The molecule has 0 saturated carbocycles. The first-order chi connectivity index (χ1) is 5.57. The van der Waals surface area contributed by atoms with Crippen molar-refractivity contribution in [3.8, 4) is 0 Å².